The Morgan fingerprint density at radius 3 is 2.90 bits per heavy atom. The minimum Gasteiger partial charge on any atom is -0.331 e. The molecule has 0 aliphatic carbocycles. The second kappa shape index (κ2) is 6.54. The molecule has 2 heterocycles. The zero-order chi connectivity index (χ0) is 14.5. The molecule has 20 heavy (non-hydrogen) atoms. The highest BCUT2D eigenvalue weighted by atomic mass is 16.2. The van der Waals surface area contributed by atoms with Gasteiger partial charge in [0.05, 0.1) is 11.9 Å². The molecule has 0 radical (unpaired) electrons. The number of hydrogen-bond acceptors (Lipinski definition) is 3. The van der Waals surface area contributed by atoms with E-state index in [1.165, 1.54) is 0 Å². The quantitative estimate of drug-likeness (QED) is 0.861. The molecule has 0 unspecified atom stereocenters. The third-order valence-corrected chi connectivity index (χ3v) is 3.50. The molecule has 110 valence electrons. The van der Waals surface area contributed by atoms with Gasteiger partial charge in [-0.2, -0.15) is 5.10 Å². The Bertz CT molecular complexity index is 456. The van der Waals surface area contributed by atoms with Crippen molar-refractivity contribution in [2.24, 2.45) is 5.92 Å². The maximum Gasteiger partial charge on any atom is 0.247 e. The predicted molar refractivity (Wildman–Crippen MR) is 76.0 cm³/mol. The van der Waals surface area contributed by atoms with Crippen molar-refractivity contribution in [3.63, 3.8) is 0 Å². The Balaban J connectivity index is 2.09. The minimum absolute atomic E-state index is 0.0873. The number of carbonyl (C=O) groups excluding carboxylic acids is 2. The highest BCUT2D eigenvalue weighted by Crippen LogP contribution is 2.20. The second-order valence-corrected chi connectivity index (χ2v) is 5.67. The van der Waals surface area contributed by atoms with Crippen LogP contribution in [-0.2, 0) is 9.59 Å². The van der Waals surface area contributed by atoms with Gasteiger partial charge in [0.15, 0.2) is 0 Å². The van der Waals surface area contributed by atoms with E-state index in [1.807, 2.05) is 0 Å². The number of nitrogens with zero attached hydrogens (tertiary/aromatic N) is 2. The van der Waals surface area contributed by atoms with Crippen molar-refractivity contribution < 1.29 is 9.59 Å². The van der Waals surface area contributed by atoms with Crippen molar-refractivity contribution in [1.82, 2.24) is 15.1 Å². The molecule has 0 aromatic carbocycles. The molecular weight excluding hydrogens is 256 g/mol. The molecule has 6 nitrogen and oxygen atoms in total. The number of carbonyl (C=O) groups is 2. The number of aromatic amines is 1. The van der Waals surface area contributed by atoms with E-state index in [9.17, 15) is 9.59 Å². The summed E-state index contributed by atoms with van der Waals surface area (Å²) >= 11 is 0. The standard InChI is InChI=1S/C14H22N4O2/c1-10(2)7-12(18-6-4-3-5-13(18)19)14(20)17-11-8-15-16-9-11/h8-10,12H,3-7H2,1-2H3,(H,15,16)(H,17,20)/t12-/m0/s1. The van der Waals surface area contributed by atoms with Gasteiger partial charge in [0.1, 0.15) is 6.04 Å². The van der Waals surface area contributed by atoms with Gasteiger partial charge in [-0.3, -0.25) is 14.7 Å². The van der Waals surface area contributed by atoms with E-state index in [0.29, 0.717) is 31.0 Å². The highest BCUT2D eigenvalue weighted by molar-refractivity contribution is 5.97. The van der Waals surface area contributed by atoms with Gasteiger partial charge >= 0.3 is 0 Å². The summed E-state index contributed by atoms with van der Waals surface area (Å²) in [7, 11) is 0. The third kappa shape index (κ3) is 3.59. The van der Waals surface area contributed by atoms with Gasteiger partial charge in [-0.25, -0.2) is 0 Å². The fourth-order valence-corrected chi connectivity index (χ4v) is 2.52. The lowest BCUT2D eigenvalue weighted by Gasteiger charge is -2.34. The van der Waals surface area contributed by atoms with Crippen LogP contribution in [0.2, 0.25) is 0 Å². The highest BCUT2D eigenvalue weighted by Gasteiger charge is 2.31. The lowest BCUT2D eigenvalue weighted by molar-refractivity contribution is -0.141. The van der Waals surface area contributed by atoms with Crippen molar-refractivity contribution in [3.8, 4) is 0 Å². The van der Waals surface area contributed by atoms with Crippen molar-refractivity contribution in [1.29, 1.82) is 0 Å². The number of hydrogen-bond donors (Lipinski definition) is 2. The van der Waals surface area contributed by atoms with E-state index in [1.54, 1.807) is 17.3 Å². The van der Waals surface area contributed by atoms with Crippen LogP contribution in [0.3, 0.4) is 0 Å². The van der Waals surface area contributed by atoms with Crippen molar-refractivity contribution in [2.75, 3.05) is 11.9 Å². The Labute approximate surface area is 118 Å². The maximum absolute atomic E-state index is 12.4. The van der Waals surface area contributed by atoms with Crippen LogP contribution in [0.4, 0.5) is 5.69 Å². The molecule has 2 amide bonds. The van der Waals surface area contributed by atoms with Crippen LogP contribution in [0.25, 0.3) is 0 Å². The smallest absolute Gasteiger partial charge is 0.247 e. The van der Waals surface area contributed by atoms with Crippen LogP contribution in [0, 0.1) is 5.92 Å². The van der Waals surface area contributed by atoms with Crippen LogP contribution in [-0.4, -0.2) is 39.5 Å². The normalized spacial score (nSPS) is 17.4. The summed E-state index contributed by atoms with van der Waals surface area (Å²) in [5, 5.41) is 9.28. The lowest BCUT2D eigenvalue weighted by Crippen LogP contribution is -2.49. The number of rotatable bonds is 5. The van der Waals surface area contributed by atoms with E-state index >= 15 is 0 Å². The van der Waals surface area contributed by atoms with E-state index in [2.05, 4.69) is 29.4 Å². The molecule has 2 rings (SSSR count). The zero-order valence-corrected chi connectivity index (χ0v) is 12.1. The average molecular weight is 278 g/mol. The molecule has 0 saturated carbocycles. The second-order valence-electron chi connectivity index (χ2n) is 5.67. The number of piperidine rings is 1. The summed E-state index contributed by atoms with van der Waals surface area (Å²) in [5.74, 6) is 0.310. The number of amides is 2. The first kappa shape index (κ1) is 14.6. The fraction of sp³-hybridized carbons (Fsp3) is 0.643. The maximum atomic E-state index is 12.4. The van der Waals surface area contributed by atoms with Crippen molar-refractivity contribution in [3.05, 3.63) is 12.4 Å². The number of anilines is 1. The lowest BCUT2D eigenvalue weighted by atomic mass is 9.98. The first-order valence-corrected chi connectivity index (χ1v) is 7.17. The molecule has 0 spiro atoms. The van der Waals surface area contributed by atoms with Gasteiger partial charge in [0, 0.05) is 19.2 Å². The molecule has 1 aromatic heterocycles. The van der Waals surface area contributed by atoms with Gasteiger partial charge < -0.3 is 10.2 Å². The minimum atomic E-state index is -0.391. The number of likely N-dealkylation sites (tertiary alicyclic amines) is 1. The molecule has 1 aliphatic rings. The summed E-state index contributed by atoms with van der Waals surface area (Å²) in [6.45, 7) is 4.80. The Morgan fingerprint density at radius 1 is 1.50 bits per heavy atom. The van der Waals surface area contributed by atoms with E-state index in [0.717, 1.165) is 12.8 Å². The number of H-pyrrole nitrogens is 1. The largest absolute Gasteiger partial charge is 0.331 e. The summed E-state index contributed by atoms with van der Waals surface area (Å²) < 4.78 is 0. The molecule has 0 bridgehead atoms. The van der Waals surface area contributed by atoms with Crippen LogP contribution in [0.15, 0.2) is 12.4 Å². The van der Waals surface area contributed by atoms with Crippen molar-refractivity contribution >= 4 is 17.5 Å². The summed E-state index contributed by atoms with van der Waals surface area (Å²) in [6.07, 6.45) is 6.31. The Hall–Kier alpha value is -1.85. The first-order valence-electron chi connectivity index (χ1n) is 7.17. The van der Waals surface area contributed by atoms with Crippen LogP contribution in [0.5, 0.6) is 0 Å². The molecule has 1 atom stereocenters. The molecule has 2 N–H and O–H groups in total. The van der Waals surface area contributed by atoms with Crippen molar-refractivity contribution in [2.45, 2.75) is 45.6 Å². The van der Waals surface area contributed by atoms with Gasteiger partial charge in [-0.05, 0) is 25.2 Å². The predicted octanol–water partition coefficient (Wildman–Crippen LogP) is 1.78. The monoisotopic (exact) mass is 278 g/mol. The van der Waals surface area contributed by atoms with Gasteiger partial charge in [0.2, 0.25) is 11.8 Å². The van der Waals surface area contributed by atoms with Crippen LogP contribution >= 0.6 is 0 Å². The topological polar surface area (TPSA) is 78.1 Å². The van der Waals surface area contributed by atoms with Crippen LogP contribution in [0.1, 0.15) is 39.5 Å². The summed E-state index contributed by atoms with van der Waals surface area (Å²) in [4.78, 5) is 26.2. The molecular formula is C14H22N4O2. The average Bonchev–Trinajstić information content (AvgIpc) is 2.89. The molecule has 6 heteroatoms. The fourth-order valence-electron chi connectivity index (χ4n) is 2.52. The van der Waals surface area contributed by atoms with E-state index in [4.69, 9.17) is 0 Å². The SMILES string of the molecule is CC(C)C[C@@H](C(=O)Nc1cn[nH]c1)N1CCCCC1=O. The molecule has 1 fully saturated rings. The number of nitrogens with one attached hydrogen (secondary N) is 2. The summed E-state index contributed by atoms with van der Waals surface area (Å²) in [6, 6.07) is -0.391. The molecule has 1 aromatic rings. The number of aromatic nitrogens is 2. The van der Waals surface area contributed by atoms with E-state index in [-0.39, 0.29) is 11.8 Å². The summed E-state index contributed by atoms with van der Waals surface area (Å²) in [5.41, 5.74) is 0.633. The van der Waals surface area contributed by atoms with Gasteiger partial charge in [-0.1, -0.05) is 13.8 Å². The van der Waals surface area contributed by atoms with E-state index < -0.39 is 6.04 Å². The Morgan fingerprint density at radius 2 is 2.30 bits per heavy atom. The Kier molecular flexibility index (Phi) is 4.76. The first-order chi connectivity index (χ1) is 9.58. The van der Waals surface area contributed by atoms with Gasteiger partial charge in [-0.15, -0.1) is 0 Å². The third-order valence-electron chi connectivity index (χ3n) is 3.50. The molecule has 1 saturated heterocycles. The molecule has 1 aliphatic heterocycles. The zero-order valence-electron chi connectivity index (χ0n) is 12.1. The van der Waals surface area contributed by atoms with Gasteiger partial charge in [0.25, 0.3) is 0 Å². The van der Waals surface area contributed by atoms with Crippen LogP contribution < -0.4 is 5.32 Å².